The van der Waals surface area contributed by atoms with E-state index in [1.54, 1.807) is 25.3 Å². The molecule has 0 aliphatic rings. The Morgan fingerprint density at radius 2 is 2.06 bits per heavy atom. The summed E-state index contributed by atoms with van der Waals surface area (Å²) in [5.74, 6) is -0.255. The SMILES string of the molecule is C=CNCC(N)N(CCc1ccc2c(Cl)cc(-c3ccc(C)c(F)c3)nc2c1)C(=C)CCCC. The zero-order valence-electron chi connectivity index (χ0n) is 20.1. The van der Waals surface area contributed by atoms with E-state index in [0.29, 0.717) is 28.4 Å². The largest absolute Gasteiger partial charge is 0.388 e. The third-order valence-corrected chi connectivity index (χ3v) is 6.34. The Balaban J connectivity index is 1.84. The fourth-order valence-corrected chi connectivity index (χ4v) is 4.20. The van der Waals surface area contributed by atoms with Gasteiger partial charge in [0, 0.05) is 29.7 Å². The molecular weight excluding hydrogens is 447 g/mol. The second kappa shape index (κ2) is 12.0. The molecule has 4 nitrogen and oxygen atoms in total. The molecule has 6 heteroatoms. The van der Waals surface area contributed by atoms with Gasteiger partial charge in [0.25, 0.3) is 0 Å². The lowest BCUT2D eigenvalue weighted by molar-refractivity contribution is 0.249. The molecular formula is C28H34ClFN4. The molecule has 0 radical (unpaired) electrons. The van der Waals surface area contributed by atoms with Gasteiger partial charge in [-0.1, -0.05) is 62.4 Å². The minimum absolute atomic E-state index is 0.196. The fraction of sp³-hybridized carbons (Fsp3) is 0.321. The lowest BCUT2D eigenvalue weighted by Crippen LogP contribution is -2.47. The van der Waals surface area contributed by atoms with Gasteiger partial charge in [0.05, 0.1) is 22.4 Å². The van der Waals surface area contributed by atoms with Crippen LogP contribution in [0.3, 0.4) is 0 Å². The molecule has 1 aromatic heterocycles. The summed E-state index contributed by atoms with van der Waals surface area (Å²) < 4.78 is 14.1. The van der Waals surface area contributed by atoms with E-state index in [-0.39, 0.29) is 12.0 Å². The van der Waals surface area contributed by atoms with E-state index < -0.39 is 0 Å². The maximum absolute atomic E-state index is 14.1. The van der Waals surface area contributed by atoms with Gasteiger partial charge in [-0.15, -0.1) is 0 Å². The molecule has 0 amide bonds. The third-order valence-electron chi connectivity index (χ3n) is 6.03. The van der Waals surface area contributed by atoms with Crippen LogP contribution in [0.2, 0.25) is 5.02 Å². The Labute approximate surface area is 207 Å². The van der Waals surface area contributed by atoms with E-state index in [0.717, 1.165) is 54.4 Å². The number of hydrogen-bond acceptors (Lipinski definition) is 4. The topological polar surface area (TPSA) is 54.2 Å². The van der Waals surface area contributed by atoms with Crippen LogP contribution >= 0.6 is 11.6 Å². The summed E-state index contributed by atoms with van der Waals surface area (Å²) in [5, 5.41) is 4.57. The van der Waals surface area contributed by atoms with E-state index in [9.17, 15) is 4.39 Å². The zero-order valence-corrected chi connectivity index (χ0v) is 20.8. The van der Waals surface area contributed by atoms with E-state index in [1.807, 2.05) is 12.1 Å². The molecule has 0 fully saturated rings. The minimum Gasteiger partial charge on any atom is -0.388 e. The van der Waals surface area contributed by atoms with E-state index in [4.69, 9.17) is 22.3 Å². The predicted molar refractivity (Wildman–Crippen MR) is 142 cm³/mol. The first kappa shape index (κ1) is 25.7. The fourth-order valence-electron chi connectivity index (χ4n) is 3.93. The first-order valence-corrected chi connectivity index (χ1v) is 12.1. The zero-order chi connectivity index (χ0) is 24.7. The summed E-state index contributed by atoms with van der Waals surface area (Å²) >= 11 is 6.56. The van der Waals surface area contributed by atoms with Crippen molar-refractivity contribution in [2.24, 2.45) is 5.73 Å². The molecule has 1 heterocycles. The third kappa shape index (κ3) is 6.37. The summed E-state index contributed by atoms with van der Waals surface area (Å²) in [6.45, 7) is 13.2. The van der Waals surface area contributed by atoms with Crippen LogP contribution in [0.5, 0.6) is 0 Å². The summed E-state index contributed by atoms with van der Waals surface area (Å²) in [7, 11) is 0. The average molecular weight is 481 g/mol. The number of pyridine rings is 1. The molecule has 1 atom stereocenters. The van der Waals surface area contributed by atoms with Gasteiger partial charge in [0.15, 0.2) is 0 Å². The summed E-state index contributed by atoms with van der Waals surface area (Å²) in [6, 6.07) is 13.0. The number of aromatic nitrogens is 1. The van der Waals surface area contributed by atoms with Crippen molar-refractivity contribution in [2.45, 2.75) is 45.7 Å². The van der Waals surface area contributed by atoms with Crippen LogP contribution in [0.4, 0.5) is 4.39 Å². The van der Waals surface area contributed by atoms with E-state index >= 15 is 0 Å². The van der Waals surface area contributed by atoms with Crippen LogP contribution in [0.25, 0.3) is 22.2 Å². The monoisotopic (exact) mass is 480 g/mol. The van der Waals surface area contributed by atoms with E-state index in [2.05, 4.69) is 42.4 Å². The van der Waals surface area contributed by atoms with Crippen molar-refractivity contribution in [3.63, 3.8) is 0 Å². The smallest absolute Gasteiger partial charge is 0.126 e. The molecule has 3 N–H and O–H groups in total. The van der Waals surface area contributed by atoms with Crippen molar-refractivity contribution in [3.8, 4) is 11.3 Å². The highest BCUT2D eigenvalue weighted by molar-refractivity contribution is 6.35. The molecule has 0 saturated carbocycles. The first-order chi connectivity index (χ1) is 16.3. The van der Waals surface area contributed by atoms with Crippen molar-refractivity contribution in [3.05, 3.63) is 89.5 Å². The molecule has 0 bridgehead atoms. The van der Waals surface area contributed by atoms with Crippen molar-refractivity contribution in [1.29, 1.82) is 0 Å². The maximum atomic E-state index is 14.1. The number of rotatable bonds is 12. The van der Waals surface area contributed by atoms with Gasteiger partial charge in [-0.2, -0.15) is 0 Å². The first-order valence-electron chi connectivity index (χ1n) is 11.7. The van der Waals surface area contributed by atoms with Crippen LogP contribution < -0.4 is 11.1 Å². The Kier molecular flexibility index (Phi) is 9.08. The van der Waals surface area contributed by atoms with Gasteiger partial charge in [-0.05, 0) is 61.7 Å². The van der Waals surface area contributed by atoms with Gasteiger partial charge in [-0.25, -0.2) is 9.37 Å². The number of nitrogens with one attached hydrogen (secondary N) is 1. The second-order valence-electron chi connectivity index (χ2n) is 8.60. The number of aryl methyl sites for hydroxylation is 1. The molecule has 0 saturated heterocycles. The summed E-state index contributed by atoms with van der Waals surface area (Å²) in [6.07, 6.45) is 5.35. The van der Waals surface area contributed by atoms with Crippen LogP contribution in [0.1, 0.15) is 37.3 Å². The van der Waals surface area contributed by atoms with E-state index in [1.165, 1.54) is 6.07 Å². The van der Waals surface area contributed by atoms with Crippen molar-refractivity contribution in [1.82, 2.24) is 15.2 Å². The molecule has 3 aromatic rings. The normalized spacial score (nSPS) is 11.9. The Morgan fingerprint density at radius 3 is 2.76 bits per heavy atom. The molecule has 2 aromatic carbocycles. The quantitative estimate of drug-likeness (QED) is 0.288. The standard InChI is InChI=1S/C28H34ClFN4/c1-5-7-8-20(4)34(28(31)18-32-6-2)14-13-21-10-12-23-24(29)17-26(33-27(23)15-21)22-11-9-19(3)25(30)16-22/h6,9-12,15-17,28,32H,2,4-5,7-8,13-14,18,31H2,1,3H3. The number of unbranched alkanes of at least 4 members (excludes halogenated alkanes) is 1. The van der Waals surface area contributed by atoms with Crippen LogP contribution in [-0.4, -0.2) is 29.1 Å². The highest BCUT2D eigenvalue weighted by Crippen LogP contribution is 2.29. The highest BCUT2D eigenvalue weighted by Gasteiger charge is 2.16. The molecule has 3 rings (SSSR count). The lowest BCUT2D eigenvalue weighted by Gasteiger charge is -2.33. The van der Waals surface area contributed by atoms with Crippen molar-refractivity contribution >= 4 is 22.5 Å². The van der Waals surface area contributed by atoms with Crippen molar-refractivity contribution < 1.29 is 4.39 Å². The molecule has 1 unspecified atom stereocenters. The Bertz CT molecular complexity index is 1160. The van der Waals surface area contributed by atoms with Crippen LogP contribution in [0, 0.1) is 12.7 Å². The Morgan fingerprint density at radius 1 is 1.26 bits per heavy atom. The predicted octanol–water partition coefficient (Wildman–Crippen LogP) is 6.57. The number of nitrogens with zero attached hydrogens (tertiary/aromatic N) is 2. The average Bonchev–Trinajstić information content (AvgIpc) is 2.82. The van der Waals surface area contributed by atoms with Gasteiger partial charge >= 0.3 is 0 Å². The number of hydrogen-bond donors (Lipinski definition) is 2. The van der Waals surface area contributed by atoms with Gasteiger partial charge in [0.2, 0.25) is 0 Å². The number of fused-ring (bicyclic) bond motifs is 1. The van der Waals surface area contributed by atoms with Gasteiger partial charge in [-0.3, -0.25) is 0 Å². The molecule has 180 valence electrons. The Hall–Kier alpha value is -2.89. The van der Waals surface area contributed by atoms with Gasteiger partial charge < -0.3 is 16.0 Å². The second-order valence-corrected chi connectivity index (χ2v) is 9.00. The van der Waals surface area contributed by atoms with Crippen LogP contribution in [-0.2, 0) is 6.42 Å². The highest BCUT2D eigenvalue weighted by atomic mass is 35.5. The molecule has 0 aliphatic carbocycles. The summed E-state index contributed by atoms with van der Waals surface area (Å²) in [5.41, 5.74) is 11.4. The summed E-state index contributed by atoms with van der Waals surface area (Å²) in [4.78, 5) is 6.96. The number of benzene rings is 2. The number of halogens is 2. The van der Waals surface area contributed by atoms with Crippen LogP contribution in [0.15, 0.2) is 67.5 Å². The minimum atomic E-state index is -0.255. The molecule has 0 spiro atoms. The number of nitrogens with two attached hydrogens (primary N) is 1. The molecule has 0 aliphatic heterocycles. The lowest BCUT2D eigenvalue weighted by atomic mass is 10.0. The molecule has 34 heavy (non-hydrogen) atoms. The van der Waals surface area contributed by atoms with Crippen molar-refractivity contribution in [2.75, 3.05) is 13.1 Å². The number of allylic oxidation sites excluding steroid dienone is 1. The maximum Gasteiger partial charge on any atom is 0.126 e. The van der Waals surface area contributed by atoms with Gasteiger partial charge in [0.1, 0.15) is 5.82 Å².